The summed E-state index contributed by atoms with van der Waals surface area (Å²) in [5.41, 5.74) is 1.20. The van der Waals surface area contributed by atoms with Crippen LogP contribution in [0.2, 0.25) is 0 Å². The van der Waals surface area contributed by atoms with Crippen LogP contribution in [0, 0.1) is 0 Å². The van der Waals surface area contributed by atoms with Gasteiger partial charge in [0.2, 0.25) is 0 Å². The quantitative estimate of drug-likeness (QED) is 0.730. The number of rotatable bonds is 3. The summed E-state index contributed by atoms with van der Waals surface area (Å²) in [7, 11) is 1.69. The summed E-state index contributed by atoms with van der Waals surface area (Å²) in [6.45, 7) is 4.02. The molecule has 1 unspecified atom stereocenters. The van der Waals surface area contributed by atoms with E-state index in [-0.39, 0.29) is 6.23 Å². The first-order valence-corrected chi connectivity index (χ1v) is 6.00. The second-order valence-corrected chi connectivity index (χ2v) is 4.34. The van der Waals surface area contributed by atoms with Gasteiger partial charge in [0.1, 0.15) is 12.1 Å². The van der Waals surface area contributed by atoms with Crippen LogP contribution in [0.15, 0.2) is 28.9 Å². The van der Waals surface area contributed by atoms with Crippen molar-refractivity contribution < 1.29 is 4.74 Å². The minimum atomic E-state index is -0.0765. The predicted molar refractivity (Wildman–Crippen MR) is 66.3 cm³/mol. The van der Waals surface area contributed by atoms with Gasteiger partial charge in [-0.1, -0.05) is 6.08 Å². The second-order valence-electron chi connectivity index (χ2n) is 4.34. The SMILES string of the molecule is C/C=C1/C=CN(C2CCC2)/C1=N/C(C)OC. The third-order valence-corrected chi connectivity index (χ3v) is 3.34. The topological polar surface area (TPSA) is 24.8 Å². The molecule has 0 aromatic heterocycles. The van der Waals surface area contributed by atoms with Crippen LogP contribution in [-0.4, -0.2) is 30.1 Å². The molecule has 1 saturated carbocycles. The molecule has 3 nitrogen and oxygen atoms in total. The lowest BCUT2D eigenvalue weighted by Crippen LogP contribution is -2.39. The van der Waals surface area contributed by atoms with E-state index in [2.05, 4.69) is 35.2 Å². The Bertz CT molecular complexity index is 340. The van der Waals surface area contributed by atoms with Gasteiger partial charge < -0.3 is 9.64 Å². The van der Waals surface area contributed by atoms with Gasteiger partial charge in [-0.05, 0) is 39.2 Å². The predicted octanol–water partition coefficient (Wildman–Crippen LogP) is 2.71. The molecule has 88 valence electrons. The molecule has 16 heavy (non-hydrogen) atoms. The normalized spacial score (nSPS) is 27.8. The Balaban J connectivity index is 2.19. The van der Waals surface area contributed by atoms with Crippen LogP contribution in [0.5, 0.6) is 0 Å². The summed E-state index contributed by atoms with van der Waals surface area (Å²) in [6.07, 6.45) is 10.2. The van der Waals surface area contributed by atoms with E-state index in [0.717, 1.165) is 5.84 Å². The number of hydrogen-bond donors (Lipinski definition) is 0. The molecule has 0 aromatic rings. The van der Waals surface area contributed by atoms with Crippen molar-refractivity contribution in [3.05, 3.63) is 23.9 Å². The van der Waals surface area contributed by atoms with Crippen molar-refractivity contribution in [1.29, 1.82) is 0 Å². The van der Waals surface area contributed by atoms with Gasteiger partial charge in [0.05, 0.1) is 0 Å². The van der Waals surface area contributed by atoms with Crippen molar-refractivity contribution in [3.63, 3.8) is 0 Å². The molecule has 2 rings (SSSR count). The van der Waals surface area contributed by atoms with Crippen LogP contribution >= 0.6 is 0 Å². The van der Waals surface area contributed by atoms with Gasteiger partial charge in [-0.3, -0.25) is 0 Å². The number of nitrogens with zero attached hydrogens (tertiary/aromatic N) is 2. The van der Waals surface area contributed by atoms with E-state index >= 15 is 0 Å². The lowest BCUT2D eigenvalue weighted by atomic mass is 9.92. The smallest absolute Gasteiger partial charge is 0.147 e. The molecule has 1 atom stereocenters. The zero-order valence-corrected chi connectivity index (χ0v) is 10.3. The average Bonchev–Trinajstić information content (AvgIpc) is 2.59. The molecule has 0 bridgehead atoms. The Kier molecular flexibility index (Phi) is 3.44. The fourth-order valence-electron chi connectivity index (χ4n) is 2.01. The van der Waals surface area contributed by atoms with Crippen LogP contribution < -0.4 is 0 Å². The third-order valence-electron chi connectivity index (χ3n) is 3.34. The lowest BCUT2D eigenvalue weighted by molar-refractivity contribution is 0.124. The Labute approximate surface area is 97.5 Å². The molecule has 1 heterocycles. The van der Waals surface area contributed by atoms with E-state index in [4.69, 9.17) is 4.74 Å². The van der Waals surface area contributed by atoms with E-state index in [9.17, 15) is 0 Å². The Morgan fingerprint density at radius 2 is 2.31 bits per heavy atom. The number of aliphatic imine (C=N–C) groups is 1. The monoisotopic (exact) mass is 220 g/mol. The number of allylic oxidation sites excluding steroid dienone is 1. The van der Waals surface area contributed by atoms with Crippen molar-refractivity contribution in [3.8, 4) is 0 Å². The molecule has 0 radical (unpaired) electrons. The highest BCUT2D eigenvalue weighted by Gasteiger charge is 2.30. The van der Waals surface area contributed by atoms with Crippen molar-refractivity contribution in [2.75, 3.05) is 7.11 Å². The highest BCUT2D eigenvalue weighted by Crippen LogP contribution is 2.30. The maximum absolute atomic E-state index is 5.22. The van der Waals surface area contributed by atoms with Gasteiger partial charge in [-0.2, -0.15) is 0 Å². The molecule has 0 spiro atoms. The van der Waals surface area contributed by atoms with Gasteiger partial charge in [0.25, 0.3) is 0 Å². The number of methoxy groups -OCH3 is 1. The van der Waals surface area contributed by atoms with Gasteiger partial charge in [0.15, 0.2) is 0 Å². The maximum Gasteiger partial charge on any atom is 0.147 e. The van der Waals surface area contributed by atoms with Crippen LogP contribution in [0.3, 0.4) is 0 Å². The average molecular weight is 220 g/mol. The minimum absolute atomic E-state index is 0.0765. The molecule has 0 amide bonds. The first-order valence-electron chi connectivity index (χ1n) is 6.00. The minimum Gasteiger partial charge on any atom is -0.360 e. The van der Waals surface area contributed by atoms with Gasteiger partial charge in [-0.15, -0.1) is 0 Å². The maximum atomic E-state index is 5.22. The summed E-state index contributed by atoms with van der Waals surface area (Å²) in [5.74, 6) is 1.07. The summed E-state index contributed by atoms with van der Waals surface area (Å²) in [6, 6.07) is 0.650. The van der Waals surface area contributed by atoms with E-state index in [1.165, 1.54) is 24.8 Å². The summed E-state index contributed by atoms with van der Waals surface area (Å²) in [5, 5.41) is 0. The third kappa shape index (κ3) is 2.05. The summed E-state index contributed by atoms with van der Waals surface area (Å²) in [4.78, 5) is 6.92. The molecular weight excluding hydrogens is 200 g/mol. The van der Waals surface area contributed by atoms with Crippen molar-refractivity contribution >= 4 is 5.84 Å². The van der Waals surface area contributed by atoms with Crippen molar-refractivity contribution in [1.82, 2.24) is 4.90 Å². The molecule has 0 N–H and O–H groups in total. The zero-order chi connectivity index (χ0) is 11.5. The number of hydrogen-bond acceptors (Lipinski definition) is 2. The van der Waals surface area contributed by atoms with Gasteiger partial charge in [0, 0.05) is 24.9 Å². The van der Waals surface area contributed by atoms with Crippen LogP contribution in [-0.2, 0) is 4.74 Å². The molecular formula is C13H20N2O. The van der Waals surface area contributed by atoms with E-state index in [1.807, 2.05) is 6.92 Å². The number of ether oxygens (including phenoxy) is 1. The van der Waals surface area contributed by atoms with Crippen LogP contribution in [0.4, 0.5) is 0 Å². The second kappa shape index (κ2) is 4.83. The van der Waals surface area contributed by atoms with Crippen LogP contribution in [0.1, 0.15) is 33.1 Å². The number of amidine groups is 1. The molecule has 1 aliphatic carbocycles. The Morgan fingerprint density at radius 3 is 2.81 bits per heavy atom. The van der Waals surface area contributed by atoms with Gasteiger partial charge in [-0.25, -0.2) is 4.99 Å². The molecule has 0 aromatic carbocycles. The molecule has 1 aliphatic heterocycles. The van der Waals surface area contributed by atoms with Crippen LogP contribution in [0.25, 0.3) is 0 Å². The molecule has 1 fully saturated rings. The van der Waals surface area contributed by atoms with Gasteiger partial charge >= 0.3 is 0 Å². The fraction of sp³-hybridized carbons (Fsp3) is 0.615. The van der Waals surface area contributed by atoms with Crippen molar-refractivity contribution in [2.24, 2.45) is 4.99 Å². The highest BCUT2D eigenvalue weighted by molar-refractivity contribution is 6.04. The summed E-state index contributed by atoms with van der Waals surface area (Å²) < 4.78 is 5.22. The van der Waals surface area contributed by atoms with E-state index < -0.39 is 0 Å². The lowest BCUT2D eigenvalue weighted by Gasteiger charge is -2.35. The fourth-order valence-corrected chi connectivity index (χ4v) is 2.01. The zero-order valence-electron chi connectivity index (χ0n) is 10.3. The Morgan fingerprint density at radius 1 is 1.56 bits per heavy atom. The molecule has 3 heteroatoms. The van der Waals surface area contributed by atoms with E-state index in [1.54, 1.807) is 7.11 Å². The van der Waals surface area contributed by atoms with Crippen molar-refractivity contribution in [2.45, 2.75) is 45.4 Å². The largest absolute Gasteiger partial charge is 0.360 e. The first-order chi connectivity index (χ1) is 7.76. The molecule has 0 saturated heterocycles. The van der Waals surface area contributed by atoms with E-state index in [0.29, 0.717) is 6.04 Å². The first kappa shape index (κ1) is 11.4. The molecule has 2 aliphatic rings. The standard InChI is InChI=1S/C13H20N2O/c1-4-11-8-9-15(12-6-5-7-12)13(11)14-10(2)16-3/h4,8-10,12H,5-7H2,1-3H3/b11-4-,14-13+. The summed E-state index contributed by atoms with van der Waals surface area (Å²) >= 11 is 0. The highest BCUT2D eigenvalue weighted by atomic mass is 16.5. The Hall–Kier alpha value is -1.09.